The lowest BCUT2D eigenvalue weighted by Crippen LogP contribution is -2.28. The van der Waals surface area contributed by atoms with Crippen molar-refractivity contribution in [3.8, 4) is 11.5 Å². The van der Waals surface area contributed by atoms with Crippen molar-refractivity contribution >= 4 is 46.0 Å². The highest BCUT2D eigenvalue weighted by molar-refractivity contribution is 8.27. The fraction of sp³-hybridized carbons (Fsp3) is 0.0435. The molecule has 3 nitrogen and oxygen atoms in total. The van der Waals surface area contributed by atoms with Gasteiger partial charge in [-0.3, -0.25) is 9.69 Å². The Bertz CT molecular complexity index is 1080. The van der Waals surface area contributed by atoms with Gasteiger partial charge in [-0.25, -0.2) is 0 Å². The van der Waals surface area contributed by atoms with E-state index in [0.717, 1.165) is 22.6 Å². The van der Waals surface area contributed by atoms with E-state index < -0.39 is 0 Å². The molecule has 1 aliphatic heterocycles. The van der Waals surface area contributed by atoms with Crippen LogP contribution in [0.15, 0.2) is 83.8 Å². The molecule has 1 aliphatic rings. The van der Waals surface area contributed by atoms with Crippen LogP contribution in [0.25, 0.3) is 6.08 Å². The fourth-order valence-corrected chi connectivity index (χ4v) is 4.21. The standard InChI is InChI=1S/C23H17NO2S2/c1-16-9-5-7-13-19(16)24-22(25)21(28-23(24)27)15-17-10-6-8-14-20(17)26-18-11-3-2-4-12-18/h2-15H,1H3/b21-15+. The number of aryl methyl sites for hydroxylation is 1. The summed E-state index contributed by atoms with van der Waals surface area (Å²) in [6.07, 6.45) is 1.84. The van der Waals surface area contributed by atoms with Gasteiger partial charge >= 0.3 is 0 Å². The second-order valence-electron chi connectivity index (χ2n) is 6.26. The number of amides is 1. The van der Waals surface area contributed by atoms with E-state index in [-0.39, 0.29) is 5.91 Å². The van der Waals surface area contributed by atoms with E-state index in [9.17, 15) is 4.79 Å². The van der Waals surface area contributed by atoms with Gasteiger partial charge in [0.1, 0.15) is 11.5 Å². The first kappa shape index (κ1) is 18.5. The molecule has 0 atom stereocenters. The van der Waals surface area contributed by atoms with E-state index in [0.29, 0.717) is 15.0 Å². The Hall–Kier alpha value is -2.89. The number of ether oxygens (including phenoxy) is 1. The van der Waals surface area contributed by atoms with Crippen LogP contribution in [0.3, 0.4) is 0 Å². The average Bonchev–Trinajstić information content (AvgIpc) is 2.98. The molecular formula is C23H17NO2S2. The number of thiocarbonyl (C=S) groups is 1. The minimum atomic E-state index is -0.112. The Labute approximate surface area is 173 Å². The highest BCUT2D eigenvalue weighted by atomic mass is 32.2. The van der Waals surface area contributed by atoms with Crippen LogP contribution in [0.2, 0.25) is 0 Å². The van der Waals surface area contributed by atoms with Crippen molar-refractivity contribution in [1.29, 1.82) is 0 Å². The number of anilines is 1. The summed E-state index contributed by atoms with van der Waals surface area (Å²) in [4.78, 5) is 15.2. The van der Waals surface area contributed by atoms with Crippen LogP contribution in [-0.2, 0) is 4.79 Å². The first-order chi connectivity index (χ1) is 13.6. The molecule has 1 heterocycles. The van der Waals surface area contributed by atoms with Gasteiger partial charge in [-0.2, -0.15) is 0 Å². The van der Waals surface area contributed by atoms with Gasteiger partial charge in [-0.05, 0) is 42.8 Å². The number of hydrogen-bond acceptors (Lipinski definition) is 4. The minimum absolute atomic E-state index is 0.112. The molecule has 0 aliphatic carbocycles. The predicted molar refractivity (Wildman–Crippen MR) is 120 cm³/mol. The lowest BCUT2D eigenvalue weighted by molar-refractivity contribution is -0.113. The Kier molecular flexibility index (Phi) is 5.28. The molecule has 1 amide bonds. The summed E-state index contributed by atoms with van der Waals surface area (Å²) < 4.78 is 6.54. The van der Waals surface area contributed by atoms with Crippen molar-refractivity contribution in [3.63, 3.8) is 0 Å². The molecule has 5 heteroatoms. The number of para-hydroxylation sites is 3. The maximum Gasteiger partial charge on any atom is 0.270 e. The van der Waals surface area contributed by atoms with Gasteiger partial charge in [-0.1, -0.05) is 78.6 Å². The molecule has 3 aromatic carbocycles. The van der Waals surface area contributed by atoms with Crippen LogP contribution in [0, 0.1) is 6.92 Å². The van der Waals surface area contributed by atoms with Crippen LogP contribution in [0.4, 0.5) is 5.69 Å². The van der Waals surface area contributed by atoms with Crippen LogP contribution < -0.4 is 9.64 Å². The van der Waals surface area contributed by atoms with Gasteiger partial charge in [0.15, 0.2) is 4.32 Å². The number of benzene rings is 3. The number of thioether (sulfide) groups is 1. The zero-order chi connectivity index (χ0) is 19.5. The third-order valence-electron chi connectivity index (χ3n) is 4.33. The van der Waals surface area contributed by atoms with Crippen molar-refractivity contribution in [3.05, 3.63) is 94.9 Å². The number of nitrogens with zero attached hydrogens (tertiary/aromatic N) is 1. The molecule has 0 saturated carbocycles. The van der Waals surface area contributed by atoms with Crippen molar-refractivity contribution in [1.82, 2.24) is 0 Å². The van der Waals surface area contributed by atoms with Crippen molar-refractivity contribution in [2.75, 3.05) is 4.90 Å². The van der Waals surface area contributed by atoms with Crippen molar-refractivity contribution < 1.29 is 9.53 Å². The second-order valence-corrected chi connectivity index (χ2v) is 7.93. The Morgan fingerprint density at radius 1 is 0.929 bits per heavy atom. The molecule has 0 unspecified atom stereocenters. The number of carbonyl (C=O) groups is 1. The molecule has 4 rings (SSSR count). The third-order valence-corrected chi connectivity index (χ3v) is 5.63. The minimum Gasteiger partial charge on any atom is -0.457 e. The smallest absolute Gasteiger partial charge is 0.270 e. The first-order valence-corrected chi connectivity index (χ1v) is 10.0. The first-order valence-electron chi connectivity index (χ1n) is 8.79. The second kappa shape index (κ2) is 8.00. The highest BCUT2D eigenvalue weighted by Crippen LogP contribution is 2.38. The maximum atomic E-state index is 13.1. The molecule has 1 saturated heterocycles. The molecule has 0 aromatic heterocycles. The third kappa shape index (κ3) is 3.72. The SMILES string of the molecule is Cc1ccccc1N1C(=O)/C(=C\c2ccccc2Oc2ccccc2)SC1=S. The molecule has 0 N–H and O–H groups in total. The zero-order valence-corrected chi connectivity index (χ0v) is 16.8. The van der Waals surface area contributed by atoms with E-state index in [4.69, 9.17) is 17.0 Å². The number of carbonyl (C=O) groups excluding carboxylic acids is 1. The van der Waals surface area contributed by atoms with Gasteiger partial charge in [-0.15, -0.1) is 0 Å². The van der Waals surface area contributed by atoms with Gasteiger partial charge < -0.3 is 4.74 Å². The molecule has 138 valence electrons. The Morgan fingerprint density at radius 2 is 1.61 bits per heavy atom. The van der Waals surface area contributed by atoms with Crippen LogP contribution in [-0.4, -0.2) is 10.2 Å². The normalized spacial score (nSPS) is 15.3. The monoisotopic (exact) mass is 403 g/mol. The molecule has 1 fully saturated rings. The van der Waals surface area contributed by atoms with Crippen molar-refractivity contribution in [2.24, 2.45) is 0 Å². The van der Waals surface area contributed by atoms with Crippen LogP contribution >= 0.6 is 24.0 Å². The van der Waals surface area contributed by atoms with E-state index in [1.54, 1.807) is 4.90 Å². The zero-order valence-electron chi connectivity index (χ0n) is 15.2. The largest absolute Gasteiger partial charge is 0.457 e. The quantitative estimate of drug-likeness (QED) is 0.383. The lowest BCUT2D eigenvalue weighted by Gasteiger charge is -2.16. The molecule has 28 heavy (non-hydrogen) atoms. The van der Waals surface area contributed by atoms with Crippen LogP contribution in [0.5, 0.6) is 11.5 Å². The molecule has 0 spiro atoms. The number of hydrogen-bond donors (Lipinski definition) is 0. The van der Waals surface area contributed by atoms with Gasteiger partial charge in [0.05, 0.1) is 10.6 Å². The van der Waals surface area contributed by atoms with Crippen LogP contribution in [0.1, 0.15) is 11.1 Å². The molecular weight excluding hydrogens is 386 g/mol. The summed E-state index contributed by atoms with van der Waals surface area (Å²) in [5.74, 6) is 1.32. The van der Waals surface area contributed by atoms with E-state index in [2.05, 4.69) is 0 Å². The van der Waals surface area contributed by atoms with Gasteiger partial charge in [0.2, 0.25) is 0 Å². The Morgan fingerprint density at radius 3 is 2.39 bits per heavy atom. The summed E-state index contributed by atoms with van der Waals surface area (Å²) in [7, 11) is 0. The van der Waals surface area contributed by atoms with Gasteiger partial charge in [0.25, 0.3) is 5.91 Å². The summed E-state index contributed by atoms with van der Waals surface area (Å²) >= 11 is 6.79. The predicted octanol–water partition coefficient (Wildman–Crippen LogP) is 6.19. The Balaban J connectivity index is 1.66. The summed E-state index contributed by atoms with van der Waals surface area (Å²) in [6.45, 7) is 1.97. The van der Waals surface area contributed by atoms with E-state index >= 15 is 0 Å². The lowest BCUT2D eigenvalue weighted by atomic mass is 10.1. The fourth-order valence-electron chi connectivity index (χ4n) is 2.94. The maximum absolute atomic E-state index is 13.1. The number of rotatable bonds is 4. The summed E-state index contributed by atoms with van der Waals surface area (Å²) in [6, 6.07) is 25.0. The summed E-state index contributed by atoms with van der Waals surface area (Å²) in [5.41, 5.74) is 2.66. The molecule has 0 radical (unpaired) electrons. The van der Waals surface area contributed by atoms with E-state index in [1.807, 2.05) is 91.9 Å². The summed E-state index contributed by atoms with van der Waals surface area (Å²) in [5, 5.41) is 0. The topological polar surface area (TPSA) is 29.5 Å². The molecule has 0 bridgehead atoms. The van der Waals surface area contributed by atoms with Crippen molar-refractivity contribution in [2.45, 2.75) is 6.92 Å². The average molecular weight is 404 g/mol. The molecule has 3 aromatic rings. The van der Waals surface area contributed by atoms with Gasteiger partial charge in [0, 0.05) is 5.56 Å². The highest BCUT2D eigenvalue weighted by Gasteiger charge is 2.34. The van der Waals surface area contributed by atoms with E-state index in [1.165, 1.54) is 11.8 Å².